The van der Waals surface area contributed by atoms with Crippen LogP contribution in [0, 0.1) is 0 Å². The lowest BCUT2D eigenvalue weighted by molar-refractivity contribution is -0.193. The van der Waals surface area contributed by atoms with Crippen molar-refractivity contribution in [2.75, 3.05) is 31.1 Å². The molecular weight excluding hydrogens is 681 g/mol. The van der Waals surface area contributed by atoms with Gasteiger partial charge in [-0.25, -0.2) is 14.4 Å². The fraction of sp³-hybridized carbons (Fsp3) is 0.423. The van der Waals surface area contributed by atoms with E-state index in [1.165, 1.54) is 0 Å². The molecule has 2 saturated heterocycles. The lowest BCUT2D eigenvalue weighted by Gasteiger charge is -2.48. The number of hydrogen-bond donors (Lipinski definition) is 3. The molecule has 3 N–H and O–H groups in total. The van der Waals surface area contributed by atoms with Crippen LogP contribution in [0.2, 0.25) is 0 Å². The summed E-state index contributed by atoms with van der Waals surface area (Å²) in [7, 11) is 0. The highest BCUT2D eigenvalue weighted by Crippen LogP contribution is 2.35. The number of likely N-dealkylation sites (tertiary alicyclic amines) is 1. The molecule has 4 rings (SSSR count). The molecule has 2 fully saturated rings. The number of hydrogen-bond acceptors (Lipinski definition) is 8. The SMILES string of the molecule is CC(=O)N1CC(=O)N(c2cccnc2)CC12CCN(Cc1cccnc1)C2.O=C(O)C(F)(F)F.O=C(O)C(F)(F)F.O=C(O)C(F)(F)F. The van der Waals surface area contributed by atoms with Crippen LogP contribution in [0.25, 0.3) is 0 Å². The van der Waals surface area contributed by atoms with Crippen LogP contribution in [0.15, 0.2) is 49.1 Å². The zero-order valence-electron chi connectivity index (χ0n) is 24.4. The molecule has 4 heterocycles. The number of amides is 2. The third-order valence-corrected chi connectivity index (χ3v) is 6.22. The number of anilines is 1. The molecule has 266 valence electrons. The summed E-state index contributed by atoms with van der Waals surface area (Å²) in [4.78, 5) is 65.9. The number of carbonyl (C=O) groups is 5. The molecule has 2 amide bonds. The normalized spacial score (nSPS) is 18.0. The first kappa shape index (κ1) is 41.0. The van der Waals surface area contributed by atoms with E-state index in [1.807, 2.05) is 24.4 Å². The van der Waals surface area contributed by atoms with E-state index < -0.39 is 36.4 Å². The van der Waals surface area contributed by atoms with E-state index >= 15 is 0 Å². The van der Waals surface area contributed by atoms with Crippen molar-refractivity contribution in [1.82, 2.24) is 19.8 Å². The van der Waals surface area contributed by atoms with Crippen molar-refractivity contribution in [2.45, 2.75) is 44.0 Å². The molecule has 2 aromatic heterocycles. The molecule has 48 heavy (non-hydrogen) atoms. The molecule has 0 aliphatic carbocycles. The average Bonchev–Trinajstić information content (AvgIpc) is 3.36. The number of halogens is 9. The van der Waals surface area contributed by atoms with Gasteiger partial charge in [0.25, 0.3) is 0 Å². The summed E-state index contributed by atoms with van der Waals surface area (Å²) in [5.74, 6) is -8.38. The Morgan fingerprint density at radius 1 is 0.792 bits per heavy atom. The highest BCUT2D eigenvalue weighted by Gasteiger charge is 2.50. The standard InChI is InChI=1S/C20H23N5O2.3C2HF3O2/c1-16(26)25-13-19(27)24(18-5-3-8-22-11-18)15-20(25)6-9-23(14-20)12-17-4-2-7-21-10-17;3*3-2(4,5)1(6)7/h2-5,7-8,10-11H,6,9,12-15H2,1H3;3*(H,6,7). The number of rotatable bonds is 3. The summed E-state index contributed by atoms with van der Waals surface area (Å²) in [6, 6.07) is 7.72. The predicted molar refractivity (Wildman–Crippen MR) is 142 cm³/mol. The maximum atomic E-state index is 12.7. The van der Waals surface area contributed by atoms with Crippen molar-refractivity contribution in [3.8, 4) is 0 Å². The lowest BCUT2D eigenvalue weighted by Crippen LogP contribution is -2.66. The summed E-state index contributed by atoms with van der Waals surface area (Å²) in [6.45, 7) is 4.59. The van der Waals surface area contributed by atoms with E-state index in [4.69, 9.17) is 29.7 Å². The van der Waals surface area contributed by atoms with E-state index in [0.29, 0.717) is 6.54 Å². The first-order chi connectivity index (χ1) is 21.9. The van der Waals surface area contributed by atoms with Crippen LogP contribution in [0.3, 0.4) is 0 Å². The second kappa shape index (κ2) is 16.7. The van der Waals surface area contributed by atoms with Crippen LogP contribution in [0.5, 0.6) is 0 Å². The highest BCUT2D eigenvalue weighted by atomic mass is 19.4. The summed E-state index contributed by atoms with van der Waals surface area (Å²) >= 11 is 0. The second-order valence-electron chi connectivity index (χ2n) is 9.75. The molecule has 1 spiro atoms. The van der Waals surface area contributed by atoms with Crippen molar-refractivity contribution in [3.05, 3.63) is 54.6 Å². The van der Waals surface area contributed by atoms with E-state index in [0.717, 1.165) is 37.3 Å². The third-order valence-electron chi connectivity index (χ3n) is 6.22. The van der Waals surface area contributed by atoms with Gasteiger partial charge in [0.2, 0.25) is 11.8 Å². The number of alkyl halides is 9. The van der Waals surface area contributed by atoms with E-state index in [-0.39, 0.29) is 23.9 Å². The Labute approximate surface area is 264 Å². The molecule has 2 aromatic rings. The molecule has 0 bridgehead atoms. The van der Waals surface area contributed by atoms with Crippen LogP contribution in [0.4, 0.5) is 45.2 Å². The number of nitrogens with zero attached hydrogens (tertiary/aromatic N) is 5. The number of carboxylic acids is 3. The molecule has 1 atom stereocenters. The Morgan fingerprint density at radius 2 is 1.25 bits per heavy atom. The minimum Gasteiger partial charge on any atom is -0.475 e. The van der Waals surface area contributed by atoms with Crippen LogP contribution >= 0.6 is 0 Å². The molecule has 1 unspecified atom stereocenters. The van der Waals surface area contributed by atoms with Gasteiger partial charge in [-0.05, 0) is 30.2 Å². The lowest BCUT2D eigenvalue weighted by atomic mass is 9.92. The molecule has 0 saturated carbocycles. The van der Waals surface area contributed by atoms with Gasteiger partial charge in [0.1, 0.15) is 6.54 Å². The summed E-state index contributed by atoms with van der Waals surface area (Å²) in [6.07, 6.45) is -7.36. The topological polar surface area (TPSA) is 182 Å². The zero-order chi connectivity index (χ0) is 37.1. The first-order valence-electron chi connectivity index (χ1n) is 12.9. The Morgan fingerprint density at radius 3 is 1.62 bits per heavy atom. The Kier molecular flexibility index (Phi) is 14.3. The molecule has 22 heteroatoms. The van der Waals surface area contributed by atoms with Crippen molar-refractivity contribution < 1.29 is 78.8 Å². The Balaban J connectivity index is 0.000000448. The summed E-state index contributed by atoms with van der Waals surface area (Å²) < 4.78 is 95.2. The predicted octanol–water partition coefficient (Wildman–Crippen LogP) is 3.22. The summed E-state index contributed by atoms with van der Waals surface area (Å²) in [5.41, 5.74) is 1.58. The smallest absolute Gasteiger partial charge is 0.475 e. The zero-order valence-corrected chi connectivity index (χ0v) is 24.4. The quantitative estimate of drug-likeness (QED) is 0.399. The largest absolute Gasteiger partial charge is 0.490 e. The number of piperazine rings is 1. The van der Waals surface area contributed by atoms with Gasteiger partial charge in [-0.3, -0.25) is 24.5 Å². The van der Waals surface area contributed by atoms with E-state index in [2.05, 4.69) is 20.9 Å². The van der Waals surface area contributed by atoms with Gasteiger partial charge in [-0.2, -0.15) is 39.5 Å². The number of carbonyl (C=O) groups excluding carboxylic acids is 2. The van der Waals surface area contributed by atoms with Gasteiger partial charge in [0.05, 0.1) is 24.0 Å². The van der Waals surface area contributed by atoms with E-state index in [1.54, 1.807) is 35.3 Å². The van der Waals surface area contributed by atoms with Gasteiger partial charge < -0.3 is 25.1 Å². The van der Waals surface area contributed by atoms with Gasteiger partial charge >= 0.3 is 36.4 Å². The van der Waals surface area contributed by atoms with Crippen molar-refractivity contribution in [2.24, 2.45) is 0 Å². The molecule has 13 nitrogen and oxygen atoms in total. The molecule has 0 radical (unpaired) electrons. The number of carboxylic acid groups (broad SMARTS) is 3. The van der Waals surface area contributed by atoms with Gasteiger partial charge in [0, 0.05) is 45.1 Å². The van der Waals surface area contributed by atoms with Crippen LogP contribution in [-0.4, -0.2) is 115 Å². The average molecular weight is 708 g/mol. The van der Waals surface area contributed by atoms with Crippen molar-refractivity contribution in [1.29, 1.82) is 0 Å². The molecule has 2 aliphatic heterocycles. The van der Waals surface area contributed by atoms with Gasteiger partial charge in [0.15, 0.2) is 0 Å². The minimum absolute atomic E-state index is 0.0441. The Bertz CT molecular complexity index is 1350. The van der Waals surface area contributed by atoms with Crippen LogP contribution in [0.1, 0.15) is 18.9 Å². The van der Waals surface area contributed by atoms with Gasteiger partial charge in [-0.1, -0.05) is 6.07 Å². The number of aromatic nitrogens is 2. The van der Waals surface area contributed by atoms with Gasteiger partial charge in [-0.15, -0.1) is 0 Å². The van der Waals surface area contributed by atoms with Crippen molar-refractivity contribution >= 4 is 35.4 Å². The van der Waals surface area contributed by atoms with Crippen LogP contribution in [-0.2, 0) is 30.5 Å². The second-order valence-corrected chi connectivity index (χ2v) is 9.75. The molecule has 0 aromatic carbocycles. The van der Waals surface area contributed by atoms with Crippen LogP contribution < -0.4 is 4.90 Å². The number of aliphatic carboxylic acids is 3. The fourth-order valence-corrected chi connectivity index (χ4v) is 4.22. The maximum absolute atomic E-state index is 12.7. The Hall–Kier alpha value is -5.02. The van der Waals surface area contributed by atoms with Crippen molar-refractivity contribution in [3.63, 3.8) is 0 Å². The number of pyridine rings is 2. The fourth-order valence-electron chi connectivity index (χ4n) is 4.22. The highest BCUT2D eigenvalue weighted by molar-refractivity contribution is 5.98. The molecular formula is C26H26F9N5O8. The molecule has 2 aliphatic rings. The first-order valence-corrected chi connectivity index (χ1v) is 12.9. The minimum atomic E-state index is -5.08. The third kappa shape index (κ3) is 13.0. The monoisotopic (exact) mass is 707 g/mol. The van der Waals surface area contributed by atoms with E-state index in [9.17, 15) is 49.1 Å². The maximum Gasteiger partial charge on any atom is 0.490 e. The summed E-state index contributed by atoms with van der Waals surface area (Å²) in [5, 5.41) is 21.4.